The van der Waals surface area contributed by atoms with Gasteiger partial charge in [-0.3, -0.25) is 9.59 Å². The number of amides is 1. The van der Waals surface area contributed by atoms with Gasteiger partial charge in [-0.1, -0.05) is 11.6 Å². The second-order valence-corrected chi connectivity index (χ2v) is 2.69. The summed E-state index contributed by atoms with van der Waals surface area (Å²) in [4.78, 5) is 28.5. The van der Waals surface area contributed by atoms with Crippen LogP contribution in [0.5, 0.6) is 0 Å². The molecule has 74 valence electrons. The number of nitrogens with one attached hydrogen (secondary N) is 1. The molecule has 0 saturated carbocycles. The topological polar surface area (TPSA) is 92.2 Å². The maximum Gasteiger partial charge on any atom is 0.322 e. The van der Waals surface area contributed by atoms with Gasteiger partial charge in [0.15, 0.2) is 0 Å². The zero-order valence-corrected chi connectivity index (χ0v) is 7.65. The normalized spacial score (nSPS) is 9.50. The third-order valence-corrected chi connectivity index (χ3v) is 1.45. The van der Waals surface area contributed by atoms with Crippen molar-refractivity contribution >= 4 is 23.5 Å². The molecular formula is C7H6ClN3O3. The first-order valence-corrected chi connectivity index (χ1v) is 3.95. The van der Waals surface area contributed by atoms with Gasteiger partial charge in [0.2, 0.25) is 0 Å². The number of carbonyl (C=O) groups is 2. The van der Waals surface area contributed by atoms with Crippen molar-refractivity contribution < 1.29 is 14.7 Å². The lowest BCUT2D eigenvalue weighted by Crippen LogP contribution is -2.29. The fourth-order valence-corrected chi connectivity index (χ4v) is 0.774. The summed E-state index contributed by atoms with van der Waals surface area (Å²) < 4.78 is 0. The van der Waals surface area contributed by atoms with Crippen LogP contribution in [0.15, 0.2) is 12.4 Å². The standard InChI is InChI=1S/C7H6ClN3O3/c8-5-2-9-4(1-10-5)7(14)11-3-6(12)13/h1-2H,3H2,(H,11,14)(H,12,13). The molecule has 0 bridgehead atoms. The number of carboxylic acid groups (broad SMARTS) is 1. The first kappa shape index (κ1) is 10.4. The van der Waals surface area contributed by atoms with Crippen molar-refractivity contribution in [3.8, 4) is 0 Å². The van der Waals surface area contributed by atoms with Gasteiger partial charge in [-0.15, -0.1) is 0 Å². The molecule has 0 atom stereocenters. The summed E-state index contributed by atoms with van der Waals surface area (Å²) in [6, 6.07) is 0. The van der Waals surface area contributed by atoms with E-state index in [1.807, 2.05) is 0 Å². The highest BCUT2D eigenvalue weighted by atomic mass is 35.5. The molecule has 0 unspecified atom stereocenters. The number of rotatable bonds is 3. The fourth-order valence-electron chi connectivity index (χ4n) is 0.676. The van der Waals surface area contributed by atoms with Gasteiger partial charge in [0.25, 0.3) is 5.91 Å². The molecule has 0 fully saturated rings. The van der Waals surface area contributed by atoms with Crippen LogP contribution in [0.4, 0.5) is 0 Å². The van der Waals surface area contributed by atoms with Gasteiger partial charge in [-0.2, -0.15) is 0 Å². The van der Waals surface area contributed by atoms with Gasteiger partial charge in [-0.05, 0) is 0 Å². The maximum atomic E-state index is 11.1. The molecule has 1 rings (SSSR count). The maximum absolute atomic E-state index is 11.1. The Labute approximate surface area is 83.9 Å². The van der Waals surface area contributed by atoms with Gasteiger partial charge in [0.1, 0.15) is 17.4 Å². The van der Waals surface area contributed by atoms with Gasteiger partial charge >= 0.3 is 5.97 Å². The van der Waals surface area contributed by atoms with E-state index < -0.39 is 18.4 Å². The molecule has 14 heavy (non-hydrogen) atoms. The van der Waals surface area contributed by atoms with Crippen molar-refractivity contribution in [1.29, 1.82) is 0 Å². The first-order chi connectivity index (χ1) is 6.59. The number of carbonyl (C=O) groups excluding carboxylic acids is 1. The molecule has 0 aromatic carbocycles. The molecule has 7 heteroatoms. The Balaban J connectivity index is 2.61. The van der Waals surface area contributed by atoms with E-state index in [-0.39, 0.29) is 10.8 Å². The van der Waals surface area contributed by atoms with Crippen molar-refractivity contribution in [1.82, 2.24) is 15.3 Å². The van der Waals surface area contributed by atoms with Gasteiger partial charge < -0.3 is 10.4 Å². The highest BCUT2D eigenvalue weighted by molar-refractivity contribution is 6.29. The van der Waals surface area contributed by atoms with E-state index in [1.165, 1.54) is 12.4 Å². The molecule has 1 heterocycles. The zero-order valence-electron chi connectivity index (χ0n) is 6.90. The van der Waals surface area contributed by atoms with E-state index in [0.717, 1.165) is 0 Å². The second-order valence-electron chi connectivity index (χ2n) is 2.30. The fraction of sp³-hybridized carbons (Fsp3) is 0.143. The van der Waals surface area contributed by atoms with Crippen LogP contribution in [0.25, 0.3) is 0 Å². The lowest BCUT2D eigenvalue weighted by molar-refractivity contribution is -0.135. The number of aliphatic carboxylic acids is 1. The average Bonchev–Trinajstić information content (AvgIpc) is 2.15. The number of aromatic nitrogens is 2. The van der Waals surface area contributed by atoms with Crippen LogP contribution in [0.3, 0.4) is 0 Å². The van der Waals surface area contributed by atoms with E-state index in [4.69, 9.17) is 16.7 Å². The zero-order chi connectivity index (χ0) is 10.6. The minimum Gasteiger partial charge on any atom is -0.480 e. The SMILES string of the molecule is O=C(O)CNC(=O)c1cnc(Cl)cn1. The van der Waals surface area contributed by atoms with Crippen LogP contribution in [0.1, 0.15) is 10.5 Å². The summed E-state index contributed by atoms with van der Waals surface area (Å²) in [5.41, 5.74) is 0.0238. The smallest absolute Gasteiger partial charge is 0.322 e. The van der Waals surface area contributed by atoms with E-state index in [9.17, 15) is 9.59 Å². The molecule has 1 aromatic heterocycles. The third kappa shape index (κ3) is 2.98. The predicted molar refractivity (Wildman–Crippen MR) is 47.0 cm³/mol. The van der Waals surface area contributed by atoms with Crippen LogP contribution in [0.2, 0.25) is 5.15 Å². The van der Waals surface area contributed by atoms with Crippen LogP contribution < -0.4 is 5.32 Å². The molecule has 0 radical (unpaired) electrons. The van der Waals surface area contributed by atoms with Crippen molar-refractivity contribution in [3.63, 3.8) is 0 Å². The largest absolute Gasteiger partial charge is 0.480 e. The second kappa shape index (κ2) is 4.52. The average molecular weight is 216 g/mol. The summed E-state index contributed by atoms with van der Waals surface area (Å²) in [5, 5.41) is 10.6. The van der Waals surface area contributed by atoms with Crippen LogP contribution in [0, 0.1) is 0 Å². The lowest BCUT2D eigenvalue weighted by atomic mass is 10.4. The van der Waals surface area contributed by atoms with Crippen molar-refractivity contribution in [2.75, 3.05) is 6.54 Å². The molecule has 1 amide bonds. The lowest BCUT2D eigenvalue weighted by Gasteiger charge is -2.00. The summed E-state index contributed by atoms with van der Waals surface area (Å²) >= 11 is 5.44. The van der Waals surface area contributed by atoms with Crippen LogP contribution >= 0.6 is 11.6 Å². The Morgan fingerprint density at radius 3 is 2.64 bits per heavy atom. The Bertz CT molecular complexity index is 352. The monoisotopic (exact) mass is 215 g/mol. The number of hydrogen-bond donors (Lipinski definition) is 2. The molecule has 6 nitrogen and oxygen atoms in total. The van der Waals surface area contributed by atoms with Crippen LogP contribution in [-0.2, 0) is 4.79 Å². The highest BCUT2D eigenvalue weighted by Gasteiger charge is 2.08. The van der Waals surface area contributed by atoms with Gasteiger partial charge in [0, 0.05) is 0 Å². The van der Waals surface area contributed by atoms with E-state index in [2.05, 4.69) is 15.3 Å². The molecule has 0 aliphatic carbocycles. The Morgan fingerprint density at radius 1 is 1.43 bits per heavy atom. The minimum atomic E-state index is -1.12. The molecule has 0 aliphatic rings. The summed E-state index contributed by atoms with van der Waals surface area (Å²) in [6.07, 6.45) is 2.37. The van der Waals surface area contributed by atoms with Gasteiger partial charge in [0.05, 0.1) is 12.4 Å². The summed E-state index contributed by atoms with van der Waals surface area (Å²) in [6.45, 7) is -0.455. The molecule has 0 spiro atoms. The molecule has 0 aliphatic heterocycles. The Morgan fingerprint density at radius 2 is 2.14 bits per heavy atom. The van der Waals surface area contributed by atoms with E-state index in [1.54, 1.807) is 0 Å². The number of nitrogens with zero attached hydrogens (tertiary/aromatic N) is 2. The predicted octanol–water partition coefficient (Wildman–Crippen LogP) is -0.0556. The van der Waals surface area contributed by atoms with E-state index >= 15 is 0 Å². The van der Waals surface area contributed by atoms with Crippen molar-refractivity contribution in [2.45, 2.75) is 0 Å². The Kier molecular flexibility index (Phi) is 3.35. The number of carboxylic acids is 1. The van der Waals surface area contributed by atoms with E-state index in [0.29, 0.717) is 0 Å². The minimum absolute atomic E-state index is 0.0238. The molecular weight excluding hydrogens is 210 g/mol. The van der Waals surface area contributed by atoms with Crippen molar-refractivity contribution in [2.24, 2.45) is 0 Å². The molecule has 0 saturated heterocycles. The summed E-state index contributed by atoms with van der Waals surface area (Å²) in [5.74, 6) is -1.73. The molecule has 2 N–H and O–H groups in total. The van der Waals surface area contributed by atoms with Gasteiger partial charge in [-0.25, -0.2) is 9.97 Å². The number of hydrogen-bond acceptors (Lipinski definition) is 4. The highest BCUT2D eigenvalue weighted by Crippen LogP contribution is 2.00. The Hall–Kier alpha value is -1.69. The third-order valence-electron chi connectivity index (χ3n) is 1.25. The van der Waals surface area contributed by atoms with Crippen molar-refractivity contribution in [3.05, 3.63) is 23.2 Å². The quantitative estimate of drug-likeness (QED) is 0.737. The summed E-state index contributed by atoms with van der Waals surface area (Å²) in [7, 11) is 0. The molecule has 1 aromatic rings. The van der Waals surface area contributed by atoms with Crippen LogP contribution in [-0.4, -0.2) is 33.5 Å². The first-order valence-electron chi connectivity index (χ1n) is 3.57. The number of halogens is 1.